The number of allylic oxidation sites excluding steroid dienone is 1. The molecule has 2 bridgehead atoms. The van der Waals surface area contributed by atoms with E-state index in [4.69, 9.17) is 21.1 Å². The molecule has 5 aliphatic rings. The summed E-state index contributed by atoms with van der Waals surface area (Å²) >= 11 is 6.54. The molecule has 1 N–H and O–H groups in total. The van der Waals surface area contributed by atoms with E-state index in [1.54, 1.807) is 0 Å². The summed E-state index contributed by atoms with van der Waals surface area (Å²) in [5, 5.41) is 0.445. The summed E-state index contributed by atoms with van der Waals surface area (Å²) < 4.78 is 30.8. The molecule has 7 atom stereocenters. The maximum Gasteiger partial charge on any atom is 0.262 e. The van der Waals surface area contributed by atoms with Crippen molar-refractivity contribution in [2.24, 2.45) is 17.8 Å². The lowest BCUT2D eigenvalue weighted by Crippen LogP contribution is -2.60. The molecule has 1 saturated heterocycles. The molecule has 2 aliphatic carbocycles. The van der Waals surface area contributed by atoms with Gasteiger partial charge in [-0.3, -0.25) is 19.3 Å². The van der Waals surface area contributed by atoms with Crippen molar-refractivity contribution >= 4 is 38.8 Å². The van der Waals surface area contributed by atoms with Gasteiger partial charge in [0.05, 0.1) is 22.0 Å². The summed E-state index contributed by atoms with van der Waals surface area (Å²) in [7, 11) is -2.96. The molecule has 0 radical (unpaired) electrons. The summed E-state index contributed by atoms with van der Waals surface area (Å²) in [5.74, 6) is 5.28. The highest BCUT2D eigenvalue weighted by Crippen LogP contribution is 2.49. The monoisotopic (exact) mass is 792 g/mol. The van der Waals surface area contributed by atoms with E-state index in [1.807, 2.05) is 31.2 Å². The van der Waals surface area contributed by atoms with Crippen molar-refractivity contribution in [2.75, 3.05) is 63.9 Å². The van der Waals surface area contributed by atoms with Crippen LogP contribution in [0.15, 0.2) is 48.6 Å². The van der Waals surface area contributed by atoms with E-state index in [9.17, 15) is 9.00 Å². The molecule has 3 heterocycles. The first-order chi connectivity index (χ1) is 26.4. The maximum absolute atomic E-state index is 14.1. The van der Waals surface area contributed by atoms with Crippen LogP contribution >= 0.6 is 11.6 Å². The standard InChI is InChI=1S/C45H65ClN4O4S/c1-7-38(8-2)49-24-22-48(23-25-49)30-45(54-9-3)21-10-12-32(4)33(5)55(6,52)47-43(51)35-15-19-42-41(27-35)50(28-36-14-17-40(36)45)29-44(31-53-42)20-11-13-34-26-37(46)16-18-39(34)44/h10,15-16,18-19,21,26-27,32-33,36,38,40H,6-9,11-14,17,20,22-25,28-31H2,1-5H3,(H,47,51,52)/b21-10+/t32-,33+,36-,40+,44-,45-,55?/m0/s1. The summed E-state index contributed by atoms with van der Waals surface area (Å²) in [4.78, 5) is 21.7. The van der Waals surface area contributed by atoms with Crippen molar-refractivity contribution in [3.63, 3.8) is 0 Å². The Morgan fingerprint density at radius 3 is 2.56 bits per heavy atom. The normalized spacial score (nSPS) is 33.9. The minimum absolute atomic E-state index is 0.0370. The number of rotatable bonds is 7. The molecule has 0 aromatic heterocycles. The number of amides is 1. The maximum atomic E-state index is 14.1. The number of halogens is 1. The smallest absolute Gasteiger partial charge is 0.262 e. The summed E-state index contributed by atoms with van der Waals surface area (Å²) in [6.45, 7) is 18.8. The number of hydrogen-bond acceptors (Lipinski definition) is 7. The third-order valence-electron chi connectivity index (χ3n) is 14.1. The second-order valence-corrected chi connectivity index (χ2v) is 20.2. The van der Waals surface area contributed by atoms with E-state index < -0.39 is 15.3 Å². The number of benzene rings is 2. The van der Waals surface area contributed by atoms with Crippen LogP contribution in [0.2, 0.25) is 5.02 Å². The average molecular weight is 794 g/mol. The molecule has 2 aromatic carbocycles. The number of anilines is 1. The van der Waals surface area contributed by atoms with Crippen molar-refractivity contribution in [1.29, 1.82) is 0 Å². The Kier molecular flexibility index (Phi) is 12.4. The van der Waals surface area contributed by atoms with Gasteiger partial charge in [-0.2, -0.15) is 0 Å². The molecule has 1 spiro atoms. The number of piperazine rings is 1. The Morgan fingerprint density at radius 2 is 1.85 bits per heavy atom. The van der Waals surface area contributed by atoms with Crippen LogP contribution in [0.25, 0.3) is 0 Å². The average Bonchev–Trinajstić information content (AvgIpc) is 3.30. The van der Waals surface area contributed by atoms with E-state index in [0.29, 0.717) is 36.7 Å². The van der Waals surface area contributed by atoms with Gasteiger partial charge in [0.15, 0.2) is 0 Å². The largest absolute Gasteiger partial charge is 0.490 e. The number of nitrogens with zero attached hydrogens (tertiary/aromatic N) is 3. The Balaban J connectivity index is 1.28. The Labute approximate surface area is 336 Å². The van der Waals surface area contributed by atoms with E-state index in [2.05, 4.69) is 77.3 Å². The fraction of sp³-hybridized carbons (Fsp3) is 0.644. The van der Waals surface area contributed by atoms with Crippen LogP contribution in [0, 0.1) is 17.8 Å². The molecule has 10 heteroatoms. The molecule has 2 aromatic rings. The third kappa shape index (κ3) is 8.25. The zero-order chi connectivity index (χ0) is 39.0. The van der Waals surface area contributed by atoms with Gasteiger partial charge in [0.25, 0.3) is 5.91 Å². The van der Waals surface area contributed by atoms with Crippen molar-refractivity contribution in [2.45, 2.75) is 108 Å². The number of fused-ring (bicyclic) bond motifs is 4. The molecule has 55 heavy (non-hydrogen) atoms. The van der Waals surface area contributed by atoms with Crippen molar-refractivity contribution < 1.29 is 18.5 Å². The summed E-state index contributed by atoms with van der Waals surface area (Å²) in [6.07, 6.45) is 13.1. The van der Waals surface area contributed by atoms with Crippen LogP contribution < -0.4 is 14.4 Å². The van der Waals surface area contributed by atoms with Crippen LogP contribution in [0.4, 0.5) is 5.69 Å². The number of nitrogens with one attached hydrogen (secondary N) is 1. The predicted molar refractivity (Wildman–Crippen MR) is 228 cm³/mol. The second-order valence-electron chi connectivity index (χ2n) is 17.4. The first-order valence-corrected chi connectivity index (χ1v) is 23.3. The van der Waals surface area contributed by atoms with Gasteiger partial charge in [-0.1, -0.05) is 50.6 Å². The zero-order valence-corrected chi connectivity index (χ0v) is 35.6. The van der Waals surface area contributed by atoms with Crippen LogP contribution in [-0.4, -0.2) is 102 Å². The second kappa shape index (κ2) is 16.7. The lowest BCUT2D eigenvalue weighted by atomic mass is 9.63. The number of ether oxygens (including phenoxy) is 2. The van der Waals surface area contributed by atoms with Gasteiger partial charge in [0, 0.05) is 79.7 Å². The molecule has 3 aliphatic heterocycles. The van der Waals surface area contributed by atoms with E-state index in [1.165, 1.54) is 24.0 Å². The number of aryl methyl sites for hydroxylation is 1. The van der Waals surface area contributed by atoms with Crippen molar-refractivity contribution in [3.8, 4) is 5.75 Å². The number of carbonyl (C=O) groups is 1. The van der Waals surface area contributed by atoms with Gasteiger partial charge in [-0.25, -0.2) is 4.21 Å². The molecule has 1 amide bonds. The highest BCUT2D eigenvalue weighted by Gasteiger charge is 2.50. The number of hydrogen-bond donors (Lipinski definition) is 1. The minimum atomic E-state index is -2.96. The Bertz CT molecular complexity index is 1820. The van der Waals surface area contributed by atoms with Crippen molar-refractivity contribution in [1.82, 2.24) is 14.5 Å². The van der Waals surface area contributed by atoms with E-state index >= 15 is 0 Å². The molecular weight excluding hydrogens is 728 g/mol. The van der Waals surface area contributed by atoms with Gasteiger partial charge < -0.3 is 14.4 Å². The topological polar surface area (TPSA) is 74.4 Å². The zero-order valence-electron chi connectivity index (χ0n) is 34.0. The molecular formula is C45H65ClN4O4S. The Hall–Kier alpha value is -2.56. The lowest BCUT2D eigenvalue weighted by Gasteiger charge is -2.53. The Morgan fingerprint density at radius 1 is 1.07 bits per heavy atom. The molecule has 1 unspecified atom stereocenters. The van der Waals surface area contributed by atoms with Crippen LogP contribution in [0.1, 0.15) is 101 Å². The third-order valence-corrected chi connectivity index (χ3v) is 16.6. The highest BCUT2D eigenvalue weighted by atomic mass is 35.5. The first-order valence-electron chi connectivity index (χ1n) is 21.2. The predicted octanol–water partition coefficient (Wildman–Crippen LogP) is 7.77. The minimum Gasteiger partial charge on any atom is -0.490 e. The molecule has 7 rings (SSSR count). The van der Waals surface area contributed by atoms with Crippen LogP contribution in [0.5, 0.6) is 5.75 Å². The van der Waals surface area contributed by atoms with Gasteiger partial charge in [0.1, 0.15) is 11.4 Å². The SMILES string of the molecule is C=S1(=O)NC(=O)c2ccc3c(c2)N(C[C@@H]2CC[C@H]2[C@](CN2CCN(C(CC)CC)CC2)(OCC)/C=C/C[C@H](C)[C@H]1C)C[C@@]1(CCCc2cc(Cl)ccc21)CO3. The molecule has 1 saturated carbocycles. The van der Waals surface area contributed by atoms with Gasteiger partial charge >= 0.3 is 0 Å². The van der Waals surface area contributed by atoms with E-state index in [-0.39, 0.29) is 22.5 Å². The first kappa shape index (κ1) is 40.6. The van der Waals surface area contributed by atoms with Crippen molar-refractivity contribution in [3.05, 3.63) is 70.3 Å². The summed E-state index contributed by atoms with van der Waals surface area (Å²) in [5.41, 5.74) is 3.36. The fourth-order valence-electron chi connectivity index (χ4n) is 10.5. The lowest BCUT2D eigenvalue weighted by molar-refractivity contribution is -0.113. The molecule has 8 nitrogen and oxygen atoms in total. The summed E-state index contributed by atoms with van der Waals surface area (Å²) in [6, 6.07) is 12.7. The molecule has 2 fully saturated rings. The highest BCUT2D eigenvalue weighted by molar-refractivity contribution is 7.99. The van der Waals surface area contributed by atoms with Gasteiger partial charge in [0.2, 0.25) is 0 Å². The van der Waals surface area contributed by atoms with E-state index in [0.717, 1.165) is 101 Å². The van der Waals surface area contributed by atoms with Crippen LogP contribution in [0.3, 0.4) is 0 Å². The fourth-order valence-corrected chi connectivity index (χ4v) is 12.2. The quantitative estimate of drug-likeness (QED) is 0.227. The van der Waals surface area contributed by atoms with Gasteiger partial charge in [-0.05, 0) is 130 Å². The van der Waals surface area contributed by atoms with Gasteiger partial charge in [-0.15, -0.1) is 0 Å². The number of carbonyl (C=O) groups excluding carboxylic acids is 1. The van der Waals surface area contributed by atoms with Crippen LogP contribution in [-0.2, 0) is 26.3 Å². The molecule has 302 valence electrons.